The van der Waals surface area contributed by atoms with Crippen molar-refractivity contribution >= 4 is 27.6 Å². The molecule has 5 rings (SSSR count). The average Bonchev–Trinajstić information content (AvgIpc) is 3.31. The lowest BCUT2D eigenvalue weighted by atomic mass is 10.0. The van der Waals surface area contributed by atoms with Crippen molar-refractivity contribution in [2.24, 2.45) is 0 Å². The van der Waals surface area contributed by atoms with E-state index in [1.807, 2.05) is 54.6 Å². The van der Waals surface area contributed by atoms with Crippen LogP contribution in [0, 0.1) is 0 Å². The van der Waals surface area contributed by atoms with Gasteiger partial charge in [-0.1, -0.05) is 54.6 Å². The molecule has 0 spiro atoms. The lowest BCUT2D eigenvalue weighted by Gasteiger charge is -2.03. The molecule has 3 aromatic carbocycles. The molecule has 0 fully saturated rings. The van der Waals surface area contributed by atoms with E-state index in [-0.39, 0.29) is 5.78 Å². The van der Waals surface area contributed by atoms with E-state index < -0.39 is 0 Å². The molecule has 0 bridgehead atoms. The summed E-state index contributed by atoms with van der Waals surface area (Å²) < 4.78 is 0. The largest absolute Gasteiger partial charge is 0.358 e. The first-order valence-electron chi connectivity index (χ1n) is 9.04. The molecule has 0 unspecified atom stereocenters. The minimum absolute atomic E-state index is 0.111. The number of hydrogen-bond donors (Lipinski definition) is 2. The van der Waals surface area contributed by atoms with Gasteiger partial charge in [-0.15, -0.1) is 0 Å². The Morgan fingerprint density at radius 3 is 2.15 bits per heavy atom. The summed E-state index contributed by atoms with van der Waals surface area (Å²) in [5, 5.41) is 2.30. The minimum atomic E-state index is 0.111. The van der Waals surface area contributed by atoms with E-state index in [2.05, 4.69) is 40.3 Å². The lowest BCUT2D eigenvalue weighted by molar-refractivity contribution is 0.0992. The topological polar surface area (TPSA) is 48.6 Å². The highest BCUT2D eigenvalue weighted by Crippen LogP contribution is 2.25. The number of nitrogens with one attached hydrogen (secondary N) is 2. The molecule has 0 aliphatic carbocycles. The van der Waals surface area contributed by atoms with Gasteiger partial charge >= 0.3 is 0 Å². The van der Waals surface area contributed by atoms with Gasteiger partial charge in [0, 0.05) is 33.4 Å². The standard InChI is InChI=1S/C24H18N2O/c27-24(15-20-13-17-6-1-3-10-21(17)25-20)19-9-5-8-16(12-19)23-14-18-7-2-4-11-22(18)26-23/h1-14,25-26H,15H2. The van der Waals surface area contributed by atoms with Crippen molar-refractivity contribution < 1.29 is 4.79 Å². The Morgan fingerprint density at radius 2 is 1.41 bits per heavy atom. The molecule has 3 nitrogen and oxygen atoms in total. The van der Waals surface area contributed by atoms with Crippen molar-refractivity contribution in [3.63, 3.8) is 0 Å². The lowest BCUT2D eigenvalue weighted by Crippen LogP contribution is -2.03. The van der Waals surface area contributed by atoms with Crippen LogP contribution in [-0.4, -0.2) is 15.8 Å². The maximum atomic E-state index is 12.8. The van der Waals surface area contributed by atoms with Crippen molar-refractivity contribution in [1.29, 1.82) is 0 Å². The van der Waals surface area contributed by atoms with Crippen LogP contribution in [0.5, 0.6) is 0 Å². The van der Waals surface area contributed by atoms with Gasteiger partial charge in [0.1, 0.15) is 0 Å². The second-order valence-corrected chi connectivity index (χ2v) is 6.83. The van der Waals surface area contributed by atoms with Crippen molar-refractivity contribution in [2.75, 3.05) is 0 Å². The predicted octanol–water partition coefficient (Wildman–Crippen LogP) is 5.74. The SMILES string of the molecule is O=C(Cc1cc2ccccc2[nH]1)c1cccc(-c2cc3ccccc3[nH]2)c1. The van der Waals surface area contributed by atoms with Gasteiger partial charge in [0.05, 0.1) is 6.42 Å². The monoisotopic (exact) mass is 350 g/mol. The van der Waals surface area contributed by atoms with E-state index in [1.54, 1.807) is 0 Å². The molecule has 0 aliphatic heterocycles. The van der Waals surface area contributed by atoms with Gasteiger partial charge in [0.25, 0.3) is 0 Å². The van der Waals surface area contributed by atoms with Crippen molar-refractivity contribution in [2.45, 2.75) is 6.42 Å². The number of fused-ring (bicyclic) bond motifs is 2. The fourth-order valence-corrected chi connectivity index (χ4v) is 3.59. The first-order valence-corrected chi connectivity index (χ1v) is 9.04. The average molecular weight is 350 g/mol. The number of ketones is 1. The summed E-state index contributed by atoms with van der Waals surface area (Å²) in [6.07, 6.45) is 0.366. The Hall–Kier alpha value is -3.59. The van der Waals surface area contributed by atoms with Gasteiger partial charge in [-0.05, 0) is 41.3 Å². The highest BCUT2D eigenvalue weighted by molar-refractivity contribution is 5.99. The zero-order valence-electron chi connectivity index (χ0n) is 14.7. The summed E-state index contributed by atoms with van der Waals surface area (Å²) in [4.78, 5) is 19.6. The molecular weight excluding hydrogens is 332 g/mol. The quantitative estimate of drug-likeness (QED) is 0.399. The van der Waals surface area contributed by atoms with Crippen LogP contribution in [-0.2, 0) is 6.42 Å². The third kappa shape index (κ3) is 2.93. The molecule has 27 heavy (non-hydrogen) atoms. The number of rotatable bonds is 4. The fourth-order valence-electron chi connectivity index (χ4n) is 3.59. The van der Waals surface area contributed by atoms with E-state index in [0.29, 0.717) is 6.42 Å². The second-order valence-electron chi connectivity index (χ2n) is 6.83. The Balaban J connectivity index is 1.44. The Bertz CT molecular complexity index is 1210. The summed E-state index contributed by atoms with van der Waals surface area (Å²) in [6, 6.07) is 28.3. The molecule has 5 aromatic rings. The third-order valence-electron chi connectivity index (χ3n) is 4.96. The molecule has 2 heterocycles. The number of hydrogen-bond acceptors (Lipinski definition) is 1. The highest BCUT2D eigenvalue weighted by Gasteiger charge is 2.11. The smallest absolute Gasteiger partial charge is 0.168 e. The van der Waals surface area contributed by atoms with Crippen LogP contribution in [0.3, 0.4) is 0 Å². The minimum Gasteiger partial charge on any atom is -0.358 e. The molecule has 0 saturated heterocycles. The van der Waals surface area contributed by atoms with Gasteiger partial charge in [-0.25, -0.2) is 0 Å². The molecule has 0 aliphatic rings. The van der Waals surface area contributed by atoms with Gasteiger partial charge < -0.3 is 9.97 Å². The van der Waals surface area contributed by atoms with Gasteiger partial charge in [-0.3, -0.25) is 4.79 Å². The van der Waals surface area contributed by atoms with Crippen LogP contribution in [0.2, 0.25) is 0 Å². The molecular formula is C24H18N2O. The molecule has 0 saturated carbocycles. The zero-order chi connectivity index (χ0) is 18.2. The number of aromatic amines is 2. The summed E-state index contributed by atoms with van der Waals surface area (Å²) in [5.41, 5.74) is 5.88. The third-order valence-corrected chi connectivity index (χ3v) is 4.96. The molecule has 0 atom stereocenters. The van der Waals surface area contributed by atoms with Crippen LogP contribution >= 0.6 is 0 Å². The Kier molecular flexibility index (Phi) is 3.65. The molecule has 130 valence electrons. The normalized spacial score (nSPS) is 11.3. The van der Waals surface area contributed by atoms with Crippen LogP contribution in [0.15, 0.2) is 84.9 Å². The van der Waals surface area contributed by atoms with Crippen LogP contribution in [0.25, 0.3) is 33.1 Å². The molecule has 2 N–H and O–H groups in total. The number of carbonyl (C=O) groups is 1. The van der Waals surface area contributed by atoms with E-state index >= 15 is 0 Å². The molecule has 0 radical (unpaired) electrons. The predicted molar refractivity (Wildman–Crippen MR) is 110 cm³/mol. The Labute approximate surface area is 156 Å². The van der Waals surface area contributed by atoms with E-state index in [4.69, 9.17) is 0 Å². The molecule has 0 amide bonds. The maximum absolute atomic E-state index is 12.8. The number of aromatic nitrogens is 2. The van der Waals surface area contributed by atoms with Crippen LogP contribution in [0.1, 0.15) is 16.1 Å². The number of Topliss-reactive ketones (excluding diaryl/α,β-unsaturated/α-hetero) is 1. The summed E-state index contributed by atoms with van der Waals surface area (Å²) in [5.74, 6) is 0.111. The van der Waals surface area contributed by atoms with E-state index in [1.165, 1.54) is 5.39 Å². The van der Waals surface area contributed by atoms with Crippen molar-refractivity contribution in [3.8, 4) is 11.3 Å². The zero-order valence-corrected chi connectivity index (χ0v) is 14.7. The highest BCUT2D eigenvalue weighted by atomic mass is 16.1. The fraction of sp³-hybridized carbons (Fsp3) is 0.0417. The van der Waals surface area contributed by atoms with Crippen molar-refractivity contribution in [1.82, 2.24) is 9.97 Å². The van der Waals surface area contributed by atoms with Gasteiger partial charge in [-0.2, -0.15) is 0 Å². The van der Waals surface area contributed by atoms with E-state index in [9.17, 15) is 4.79 Å². The number of para-hydroxylation sites is 2. The molecule has 2 aromatic heterocycles. The van der Waals surface area contributed by atoms with E-state index in [0.717, 1.165) is 38.9 Å². The number of carbonyl (C=O) groups excluding carboxylic acids is 1. The Morgan fingerprint density at radius 1 is 0.704 bits per heavy atom. The summed E-state index contributed by atoms with van der Waals surface area (Å²) >= 11 is 0. The van der Waals surface area contributed by atoms with Gasteiger partial charge in [0.15, 0.2) is 5.78 Å². The number of benzene rings is 3. The first kappa shape index (κ1) is 15.6. The second kappa shape index (κ2) is 6.29. The number of H-pyrrole nitrogens is 2. The van der Waals surface area contributed by atoms with Gasteiger partial charge in [0.2, 0.25) is 0 Å². The molecule has 3 heteroatoms. The van der Waals surface area contributed by atoms with Crippen molar-refractivity contribution in [3.05, 3.63) is 96.2 Å². The summed E-state index contributed by atoms with van der Waals surface area (Å²) in [6.45, 7) is 0. The van der Waals surface area contributed by atoms with Crippen LogP contribution in [0.4, 0.5) is 0 Å². The maximum Gasteiger partial charge on any atom is 0.168 e. The van der Waals surface area contributed by atoms with Crippen LogP contribution < -0.4 is 0 Å². The first-order chi connectivity index (χ1) is 13.3. The summed E-state index contributed by atoms with van der Waals surface area (Å²) in [7, 11) is 0.